The van der Waals surface area contributed by atoms with E-state index < -0.39 is 5.97 Å². The number of aliphatic carboxylic acids is 1. The van der Waals surface area contributed by atoms with Gasteiger partial charge in [0.2, 0.25) is 0 Å². The molecule has 0 spiro atoms. The van der Waals surface area contributed by atoms with Gasteiger partial charge in [0, 0.05) is 32.7 Å². The molecule has 5 heteroatoms. The zero-order chi connectivity index (χ0) is 12.0. The average molecular weight is 230 g/mol. The molecule has 0 aromatic carbocycles. The first kappa shape index (κ1) is 13.4. The maximum atomic E-state index is 11.1. The molecule has 5 nitrogen and oxygen atoms in total. The Hall–Kier alpha value is -0.650. The van der Waals surface area contributed by atoms with Crippen LogP contribution in [0.1, 0.15) is 19.8 Å². The molecule has 0 saturated carbocycles. The SMILES string of the molecule is CCCC(C(=O)O)N1CCN(CCO)CC1. The van der Waals surface area contributed by atoms with E-state index in [0.717, 1.165) is 39.0 Å². The van der Waals surface area contributed by atoms with E-state index in [9.17, 15) is 4.79 Å². The van der Waals surface area contributed by atoms with E-state index in [1.165, 1.54) is 0 Å². The van der Waals surface area contributed by atoms with E-state index in [-0.39, 0.29) is 12.6 Å². The highest BCUT2D eigenvalue weighted by Crippen LogP contribution is 2.11. The number of carbonyl (C=O) groups is 1. The quantitative estimate of drug-likeness (QED) is 0.664. The molecule has 1 aliphatic heterocycles. The Morgan fingerprint density at radius 1 is 1.31 bits per heavy atom. The molecule has 1 atom stereocenters. The number of aliphatic hydroxyl groups excluding tert-OH is 1. The van der Waals surface area contributed by atoms with Gasteiger partial charge in [-0.05, 0) is 6.42 Å². The molecular weight excluding hydrogens is 208 g/mol. The van der Waals surface area contributed by atoms with Crippen LogP contribution in [0.2, 0.25) is 0 Å². The summed E-state index contributed by atoms with van der Waals surface area (Å²) in [4.78, 5) is 15.3. The molecule has 94 valence electrons. The third kappa shape index (κ3) is 3.73. The largest absolute Gasteiger partial charge is 0.480 e. The number of carboxylic acids is 1. The zero-order valence-electron chi connectivity index (χ0n) is 9.93. The van der Waals surface area contributed by atoms with E-state index in [2.05, 4.69) is 4.90 Å². The normalized spacial score (nSPS) is 20.9. The first-order chi connectivity index (χ1) is 7.69. The lowest BCUT2D eigenvalue weighted by atomic mass is 10.1. The summed E-state index contributed by atoms with van der Waals surface area (Å²) in [7, 11) is 0. The Balaban J connectivity index is 2.41. The van der Waals surface area contributed by atoms with E-state index in [4.69, 9.17) is 10.2 Å². The van der Waals surface area contributed by atoms with E-state index in [1.54, 1.807) is 0 Å². The zero-order valence-corrected chi connectivity index (χ0v) is 9.93. The number of β-amino-alcohol motifs (C(OH)–C–C–N with tert-alkyl or cyclic N) is 1. The first-order valence-electron chi connectivity index (χ1n) is 5.99. The summed E-state index contributed by atoms with van der Waals surface area (Å²) in [5.41, 5.74) is 0. The van der Waals surface area contributed by atoms with Crippen LogP contribution in [0, 0.1) is 0 Å². The van der Waals surface area contributed by atoms with Crippen LogP contribution in [0.5, 0.6) is 0 Å². The molecule has 16 heavy (non-hydrogen) atoms. The van der Waals surface area contributed by atoms with Crippen LogP contribution in [0.3, 0.4) is 0 Å². The number of piperazine rings is 1. The Morgan fingerprint density at radius 2 is 1.94 bits per heavy atom. The highest BCUT2D eigenvalue weighted by atomic mass is 16.4. The van der Waals surface area contributed by atoms with Crippen LogP contribution in [0.25, 0.3) is 0 Å². The summed E-state index contributed by atoms with van der Waals surface area (Å²) >= 11 is 0. The van der Waals surface area contributed by atoms with Gasteiger partial charge in [0.25, 0.3) is 0 Å². The number of hydrogen-bond acceptors (Lipinski definition) is 4. The molecule has 0 amide bonds. The van der Waals surface area contributed by atoms with E-state index in [0.29, 0.717) is 6.54 Å². The molecule has 1 fully saturated rings. The Kier molecular flexibility index (Phi) is 5.73. The highest BCUT2D eigenvalue weighted by Gasteiger charge is 2.27. The van der Waals surface area contributed by atoms with Crippen LogP contribution in [-0.2, 0) is 4.79 Å². The Bertz CT molecular complexity index is 215. The van der Waals surface area contributed by atoms with Crippen molar-refractivity contribution in [1.29, 1.82) is 0 Å². The highest BCUT2D eigenvalue weighted by molar-refractivity contribution is 5.73. The molecule has 0 radical (unpaired) electrons. The van der Waals surface area contributed by atoms with Crippen LogP contribution >= 0.6 is 0 Å². The molecule has 2 N–H and O–H groups in total. The number of nitrogens with zero attached hydrogens (tertiary/aromatic N) is 2. The molecule has 0 bridgehead atoms. The van der Waals surface area contributed by atoms with Gasteiger partial charge in [0.15, 0.2) is 0 Å². The molecule has 1 rings (SSSR count). The lowest BCUT2D eigenvalue weighted by Crippen LogP contribution is -2.53. The van der Waals surface area contributed by atoms with Gasteiger partial charge in [-0.2, -0.15) is 0 Å². The van der Waals surface area contributed by atoms with Crippen molar-refractivity contribution in [3.63, 3.8) is 0 Å². The predicted octanol–water partition coefficient (Wildman–Crippen LogP) is -0.150. The summed E-state index contributed by atoms with van der Waals surface area (Å²) in [5.74, 6) is -0.711. The molecule has 1 saturated heterocycles. The third-order valence-electron chi connectivity index (χ3n) is 3.11. The minimum Gasteiger partial charge on any atom is -0.480 e. The second-order valence-corrected chi connectivity index (χ2v) is 4.24. The number of carboxylic acid groups (broad SMARTS) is 1. The number of aliphatic hydroxyl groups is 1. The van der Waals surface area contributed by atoms with Gasteiger partial charge >= 0.3 is 5.97 Å². The molecule has 1 unspecified atom stereocenters. The van der Waals surface area contributed by atoms with Crippen molar-refractivity contribution in [2.24, 2.45) is 0 Å². The topological polar surface area (TPSA) is 64.0 Å². The lowest BCUT2D eigenvalue weighted by molar-refractivity contribution is -0.144. The maximum absolute atomic E-state index is 11.1. The maximum Gasteiger partial charge on any atom is 0.320 e. The van der Waals surface area contributed by atoms with Gasteiger partial charge < -0.3 is 10.2 Å². The molecule has 0 aliphatic carbocycles. The van der Waals surface area contributed by atoms with Crippen LogP contribution < -0.4 is 0 Å². The second kappa shape index (κ2) is 6.83. The smallest absolute Gasteiger partial charge is 0.320 e. The monoisotopic (exact) mass is 230 g/mol. The van der Waals surface area contributed by atoms with E-state index >= 15 is 0 Å². The van der Waals surface area contributed by atoms with Crippen molar-refractivity contribution >= 4 is 5.97 Å². The summed E-state index contributed by atoms with van der Waals surface area (Å²) in [5, 5.41) is 17.9. The van der Waals surface area contributed by atoms with Crippen molar-refractivity contribution in [2.75, 3.05) is 39.3 Å². The van der Waals surface area contributed by atoms with Crippen molar-refractivity contribution in [2.45, 2.75) is 25.8 Å². The van der Waals surface area contributed by atoms with Gasteiger partial charge in [0.1, 0.15) is 6.04 Å². The fourth-order valence-corrected chi connectivity index (χ4v) is 2.18. The van der Waals surface area contributed by atoms with Gasteiger partial charge in [0.05, 0.1) is 6.61 Å². The fraction of sp³-hybridized carbons (Fsp3) is 0.909. The number of hydrogen-bond donors (Lipinski definition) is 2. The van der Waals surface area contributed by atoms with Crippen molar-refractivity contribution in [3.8, 4) is 0 Å². The van der Waals surface area contributed by atoms with Crippen molar-refractivity contribution in [1.82, 2.24) is 9.80 Å². The lowest BCUT2D eigenvalue weighted by Gasteiger charge is -2.37. The Labute approximate surface area is 96.7 Å². The van der Waals surface area contributed by atoms with Gasteiger partial charge in [-0.1, -0.05) is 13.3 Å². The van der Waals surface area contributed by atoms with Crippen LogP contribution in [0.4, 0.5) is 0 Å². The summed E-state index contributed by atoms with van der Waals surface area (Å²) < 4.78 is 0. The molecule has 0 aromatic rings. The molecule has 1 heterocycles. The minimum atomic E-state index is -0.711. The van der Waals surface area contributed by atoms with E-state index in [1.807, 2.05) is 11.8 Å². The molecule has 1 aliphatic rings. The summed E-state index contributed by atoms with van der Waals surface area (Å²) in [6.07, 6.45) is 1.61. The van der Waals surface area contributed by atoms with Crippen molar-refractivity contribution < 1.29 is 15.0 Å². The van der Waals surface area contributed by atoms with Gasteiger partial charge in [-0.25, -0.2) is 0 Å². The standard InChI is InChI=1S/C11H22N2O3/c1-2-3-10(11(15)16)13-6-4-12(5-7-13)8-9-14/h10,14H,2-9H2,1H3,(H,15,16). The Morgan fingerprint density at radius 3 is 2.38 bits per heavy atom. The van der Waals surface area contributed by atoms with Gasteiger partial charge in [-0.3, -0.25) is 14.6 Å². The van der Waals surface area contributed by atoms with Gasteiger partial charge in [-0.15, -0.1) is 0 Å². The molecular formula is C11H22N2O3. The second-order valence-electron chi connectivity index (χ2n) is 4.24. The number of rotatable bonds is 6. The van der Waals surface area contributed by atoms with Crippen molar-refractivity contribution in [3.05, 3.63) is 0 Å². The minimum absolute atomic E-state index is 0.178. The summed E-state index contributed by atoms with van der Waals surface area (Å²) in [6.45, 7) is 6.17. The average Bonchev–Trinajstić information content (AvgIpc) is 2.27. The third-order valence-corrected chi connectivity index (χ3v) is 3.11. The van der Waals surface area contributed by atoms with Crippen LogP contribution in [-0.4, -0.2) is 71.4 Å². The molecule has 0 aromatic heterocycles. The van der Waals surface area contributed by atoms with Crippen LogP contribution in [0.15, 0.2) is 0 Å². The fourth-order valence-electron chi connectivity index (χ4n) is 2.18. The summed E-state index contributed by atoms with van der Waals surface area (Å²) in [6, 6.07) is -0.332. The predicted molar refractivity (Wildman–Crippen MR) is 61.4 cm³/mol. The first-order valence-corrected chi connectivity index (χ1v) is 5.99.